The largest absolute Gasteiger partial charge is 0.480 e. The Morgan fingerprint density at radius 2 is 2.00 bits per heavy atom. The van der Waals surface area contributed by atoms with Crippen molar-refractivity contribution in [2.24, 2.45) is 0 Å². The van der Waals surface area contributed by atoms with Crippen molar-refractivity contribution in [3.8, 4) is 5.75 Å². The summed E-state index contributed by atoms with van der Waals surface area (Å²) in [7, 11) is 0. The summed E-state index contributed by atoms with van der Waals surface area (Å²) >= 11 is 0. The highest BCUT2D eigenvalue weighted by molar-refractivity contribution is 5.82. The van der Waals surface area contributed by atoms with E-state index in [1.54, 1.807) is 0 Å². The topological polar surface area (TPSA) is 64.4 Å². The Morgan fingerprint density at radius 3 is 2.88 bits per heavy atom. The molecule has 1 aliphatic rings. The number of hydrogen-bond donors (Lipinski definition) is 1. The van der Waals surface area contributed by atoms with Crippen molar-refractivity contribution in [2.45, 2.75) is 25.4 Å². The molecule has 24 heavy (non-hydrogen) atoms. The summed E-state index contributed by atoms with van der Waals surface area (Å²) in [6.07, 6.45) is 1.68. The molecule has 2 aromatic carbocycles. The number of ether oxygens (including phenoxy) is 1. The number of aromatic nitrogens is 1. The lowest BCUT2D eigenvalue weighted by atomic mass is 10.1. The molecule has 3 aromatic rings. The van der Waals surface area contributed by atoms with Crippen LogP contribution in [-0.2, 0) is 17.6 Å². The van der Waals surface area contributed by atoms with Gasteiger partial charge in [-0.3, -0.25) is 4.79 Å². The second-order valence-electron chi connectivity index (χ2n) is 5.89. The molecule has 1 N–H and O–H groups in total. The molecule has 1 aromatic heterocycles. The molecule has 0 saturated heterocycles. The van der Waals surface area contributed by atoms with Crippen LogP contribution in [0.4, 0.5) is 0 Å². The van der Waals surface area contributed by atoms with Gasteiger partial charge in [-0.15, -0.1) is 0 Å². The minimum Gasteiger partial charge on any atom is -0.480 e. The first kappa shape index (κ1) is 14.8. The van der Waals surface area contributed by atoms with E-state index in [9.17, 15) is 4.79 Å². The van der Waals surface area contributed by atoms with Crippen molar-refractivity contribution in [1.29, 1.82) is 0 Å². The second-order valence-corrected chi connectivity index (χ2v) is 5.89. The molecule has 0 unspecified atom stereocenters. The van der Waals surface area contributed by atoms with E-state index in [0.717, 1.165) is 28.8 Å². The monoisotopic (exact) mass is 322 g/mol. The van der Waals surface area contributed by atoms with Crippen molar-refractivity contribution < 1.29 is 13.9 Å². The molecule has 1 amide bonds. The van der Waals surface area contributed by atoms with Crippen LogP contribution in [0.15, 0.2) is 52.9 Å². The molecule has 0 radical (unpaired) electrons. The van der Waals surface area contributed by atoms with Gasteiger partial charge in [-0.2, -0.15) is 0 Å². The van der Waals surface area contributed by atoms with Gasteiger partial charge in [-0.1, -0.05) is 30.3 Å². The maximum Gasteiger partial charge on any atom is 0.261 e. The molecule has 2 heterocycles. The smallest absolute Gasteiger partial charge is 0.261 e. The van der Waals surface area contributed by atoms with Crippen LogP contribution in [0.25, 0.3) is 11.1 Å². The van der Waals surface area contributed by atoms with Gasteiger partial charge in [0.15, 0.2) is 17.6 Å². The third kappa shape index (κ3) is 2.97. The number of carbonyl (C=O) groups excluding carboxylic acids is 1. The molecule has 5 heteroatoms. The Hall–Kier alpha value is -2.82. The Bertz CT molecular complexity index is 814. The Balaban J connectivity index is 1.25. The van der Waals surface area contributed by atoms with Crippen molar-refractivity contribution in [1.82, 2.24) is 10.3 Å². The van der Waals surface area contributed by atoms with E-state index < -0.39 is 6.10 Å². The first-order valence-electron chi connectivity index (χ1n) is 8.16. The van der Waals surface area contributed by atoms with Gasteiger partial charge in [-0.05, 0) is 30.2 Å². The zero-order chi connectivity index (χ0) is 16.4. The van der Waals surface area contributed by atoms with Crippen molar-refractivity contribution in [3.05, 3.63) is 60.0 Å². The molecule has 4 rings (SSSR count). The highest BCUT2D eigenvalue weighted by atomic mass is 16.5. The van der Waals surface area contributed by atoms with Gasteiger partial charge in [0.2, 0.25) is 0 Å². The second kappa shape index (κ2) is 6.35. The summed E-state index contributed by atoms with van der Waals surface area (Å²) in [5.41, 5.74) is 2.76. The molecule has 0 saturated carbocycles. The van der Waals surface area contributed by atoms with Crippen LogP contribution in [0, 0.1) is 0 Å². The van der Waals surface area contributed by atoms with E-state index in [1.165, 1.54) is 0 Å². The fraction of sp³-hybridized carbons (Fsp3) is 0.263. The zero-order valence-electron chi connectivity index (χ0n) is 13.2. The molecular formula is C19H18N2O3. The van der Waals surface area contributed by atoms with E-state index in [2.05, 4.69) is 10.3 Å². The van der Waals surface area contributed by atoms with Gasteiger partial charge in [0.05, 0.1) is 0 Å². The predicted octanol–water partition coefficient (Wildman–Crippen LogP) is 2.88. The number of benzene rings is 2. The minimum absolute atomic E-state index is 0.0660. The van der Waals surface area contributed by atoms with E-state index in [0.29, 0.717) is 25.3 Å². The van der Waals surface area contributed by atoms with Gasteiger partial charge in [0, 0.05) is 19.4 Å². The Morgan fingerprint density at radius 1 is 1.17 bits per heavy atom. The SMILES string of the molecule is O=C(NCCCc1nc2ccccc2o1)[C@@H]1Cc2ccccc2O1. The van der Waals surface area contributed by atoms with Crippen LogP contribution >= 0.6 is 0 Å². The summed E-state index contributed by atoms with van der Waals surface area (Å²) < 4.78 is 11.3. The molecular weight excluding hydrogens is 304 g/mol. The van der Waals surface area contributed by atoms with Crippen LogP contribution in [0.5, 0.6) is 5.75 Å². The minimum atomic E-state index is -0.424. The van der Waals surface area contributed by atoms with Gasteiger partial charge >= 0.3 is 0 Å². The fourth-order valence-electron chi connectivity index (χ4n) is 2.92. The fourth-order valence-corrected chi connectivity index (χ4v) is 2.92. The number of rotatable bonds is 5. The first-order chi connectivity index (χ1) is 11.8. The van der Waals surface area contributed by atoms with E-state index in [1.807, 2.05) is 48.5 Å². The highest BCUT2D eigenvalue weighted by Crippen LogP contribution is 2.28. The molecule has 5 nitrogen and oxygen atoms in total. The molecule has 0 aliphatic carbocycles. The van der Waals surface area contributed by atoms with Crippen molar-refractivity contribution in [3.63, 3.8) is 0 Å². The average Bonchev–Trinajstić information content (AvgIpc) is 3.21. The summed E-state index contributed by atoms with van der Waals surface area (Å²) in [4.78, 5) is 16.6. The summed E-state index contributed by atoms with van der Waals surface area (Å²) in [6, 6.07) is 15.5. The third-order valence-electron chi connectivity index (χ3n) is 4.14. The normalized spacial score (nSPS) is 15.9. The number of oxazole rings is 1. The quantitative estimate of drug-likeness (QED) is 0.734. The number of para-hydroxylation sites is 3. The molecule has 0 bridgehead atoms. The number of nitrogens with zero attached hydrogens (tertiary/aromatic N) is 1. The van der Waals surface area contributed by atoms with Crippen LogP contribution in [0.3, 0.4) is 0 Å². The molecule has 1 atom stereocenters. The van der Waals surface area contributed by atoms with E-state index >= 15 is 0 Å². The lowest BCUT2D eigenvalue weighted by molar-refractivity contribution is -0.127. The maximum absolute atomic E-state index is 12.2. The number of nitrogens with one attached hydrogen (secondary N) is 1. The van der Waals surface area contributed by atoms with Gasteiger partial charge < -0.3 is 14.5 Å². The lowest BCUT2D eigenvalue weighted by Crippen LogP contribution is -2.38. The number of amides is 1. The van der Waals surface area contributed by atoms with Crippen LogP contribution in [-0.4, -0.2) is 23.5 Å². The third-order valence-corrected chi connectivity index (χ3v) is 4.14. The Kier molecular flexibility index (Phi) is 3.91. The summed E-state index contributed by atoms with van der Waals surface area (Å²) in [5, 5.41) is 2.93. The number of hydrogen-bond acceptors (Lipinski definition) is 4. The molecule has 122 valence electrons. The first-order valence-corrected chi connectivity index (χ1v) is 8.16. The number of aryl methyl sites for hydroxylation is 1. The molecule has 0 spiro atoms. The molecule has 1 aliphatic heterocycles. The molecule has 0 fully saturated rings. The van der Waals surface area contributed by atoms with Gasteiger partial charge in [0.1, 0.15) is 11.3 Å². The van der Waals surface area contributed by atoms with Crippen molar-refractivity contribution >= 4 is 17.0 Å². The average molecular weight is 322 g/mol. The number of carbonyl (C=O) groups is 1. The van der Waals surface area contributed by atoms with Crippen LogP contribution in [0.1, 0.15) is 17.9 Å². The maximum atomic E-state index is 12.2. The van der Waals surface area contributed by atoms with Crippen molar-refractivity contribution in [2.75, 3.05) is 6.54 Å². The number of fused-ring (bicyclic) bond motifs is 2. The Labute approximate surface area is 139 Å². The highest BCUT2D eigenvalue weighted by Gasteiger charge is 2.28. The lowest BCUT2D eigenvalue weighted by Gasteiger charge is -2.10. The standard InChI is InChI=1S/C19H18N2O3/c22-19(17-12-13-6-1-3-8-15(13)23-17)20-11-5-10-18-21-14-7-2-4-9-16(14)24-18/h1-4,6-9,17H,5,10-12H2,(H,20,22)/t17-/m0/s1. The van der Waals surface area contributed by atoms with Gasteiger partial charge in [-0.25, -0.2) is 4.98 Å². The predicted molar refractivity (Wildman–Crippen MR) is 89.9 cm³/mol. The zero-order valence-corrected chi connectivity index (χ0v) is 13.2. The van der Waals surface area contributed by atoms with Gasteiger partial charge in [0.25, 0.3) is 5.91 Å². The van der Waals surface area contributed by atoms with E-state index in [4.69, 9.17) is 9.15 Å². The van der Waals surface area contributed by atoms with Crippen LogP contribution in [0.2, 0.25) is 0 Å². The summed E-state index contributed by atoms with van der Waals surface area (Å²) in [5.74, 6) is 1.45. The van der Waals surface area contributed by atoms with Crippen LogP contribution < -0.4 is 10.1 Å². The van der Waals surface area contributed by atoms with E-state index in [-0.39, 0.29) is 5.91 Å². The summed E-state index contributed by atoms with van der Waals surface area (Å²) in [6.45, 7) is 0.577.